The van der Waals surface area contributed by atoms with Crippen molar-refractivity contribution in [1.82, 2.24) is 0 Å². The average Bonchev–Trinajstić information content (AvgIpc) is 2.68. The molecule has 0 unspecified atom stereocenters. The fourth-order valence-electron chi connectivity index (χ4n) is 2.32. The van der Waals surface area contributed by atoms with E-state index >= 15 is 0 Å². The summed E-state index contributed by atoms with van der Waals surface area (Å²) in [6.07, 6.45) is 9.64. The summed E-state index contributed by atoms with van der Waals surface area (Å²) in [5.74, 6) is 0. The van der Waals surface area contributed by atoms with Crippen LogP contribution in [-0.4, -0.2) is 0 Å². The third-order valence-corrected chi connectivity index (χ3v) is 2.94. The van der Waals surface area contributed by atoms with E-state index in [-0.39, 0.29) is 0 Å². The maximum Gasteiger partial charge on any atom is -0.00167 e. The smallest absolute Gasteiger partial charge is 0.00167 e. The van der Waals surface area contributed by atoms with Crippen molar-refractivity contribution >= 4 is 5.57 Å². The van der Waals surface area contributed by atoms with Gasteiger partial charge in [0.15, 0.2) is 0 Å². The second-order valence-electron chi connectivity index (χ2n) is 4.47. The zero-order chi connectivity index (χ0) is 11.4. The van der Waals surface area contributed by atoms with Gasteiger partial charge in [0.1, 0.15) is 0 Å². The van der Waals surface area contributed by atoms with Crippen LogP contribution >= 0.6 is 0 Å². The summed E-state index contributed by atoms with van der Waals surface area (Å²) in [6.45, 7) is 4.25. The van der Waals surface area contributed by atoms with E-state index in [1.165, 1.54) is 36.0 Å². The molecule has 0 fully saturated rings. The fourth-order valence-corrected chi connectivity index (χ4v) is 2.32. The lowest BCUT2D eigenvalue weighted by Crippen LogP contribution is -1.86. The predicted octanol–water partition coefficient (Wildman–Crippen LogP) is 4.76. The van der Waals surface area contributed by atoms with Crippen LogP contribution in [0.5, 0.6) is 0 Å². The molecule has 0 bridgehead atoms. The maximum absolute atomic E-state index is 2.40. The molecule has 2 aliphatic carbocycles. The molecule has 0 atom stereocenters. The van der Waals surface area contributed by atoms with Gasteiger partial charge in [-0.1, -0.05) is 56.7 Å². The van der Waals surface area contributed by atoms with Gasteiger partial charge in [-0.25, -0.2) is 0 Å². The zero-order valence-electron chi connectivity index (χ0n) is 10.3. The minimum atomic E-state index is 1.15. The van der Waals surface area contributed by atoms with Crippen LogP contribution in [0.4, 0.5) is 0 Å². The van der Waals surface area contributed by atoms with Crippen LogP contribution in [0.25, 0.3) is 5.57 Å². The lowest BCUT2D eigenvalue weighted by atomic mass is 9.98. The Kier molecular flexibility index (Phi) is 3.61. The largest absolute Gasteiger partial charge is 0.0801 e. The molecule has 0 heterocycles. The monoisotopic (exact) mass is 212 g/mol. The first-order chi connectivity index (χ1) is 7.86. The first kappa shape index (κ1) is 11.2. The zero-order valence-corrected chi connectivity index (χ0v) is 10.3. The summed E-state index contributed by atoms with van der Waals surface area (Å²) in [6, 6.07) is 8.76. The molecule has 0 saturated heterocycles. The Labute approximate surface area is 98.7 Å². The fraction of sp³-hybridized carbons (Fsp3) is 0.375. The van der Waals surface area contributed by atoms with Crippen molar-refractivity contribution in [3.63, 3.8) is 0 Å². The summed E-state index contributed by atoms with van der Waals surface area (Å²) < 4.78 is 0. The number of rotatable bonds is 0. The Morgan fingerprint density at radius 2 is 1.69 bits per heavy atom. The van der Waals surface area contributed by atoms with Crippen molar-refractivity contribution in [3.8, 4) is 0 Å². The van der Waals surface area contributed by atoms with Gasteiger partial charge in [0.25, 0.3) is 0 Å². The molecule has 0 nitrogen and oxygen atoms in total. The average molecular weight is 212 g/mol. The molecule has 0 radical (unpaired) electrons. The molecule has 0 amide bonds. The van der Waals surface area contributed by atoms with Crippen LogP contribution in [0.2, 0.25) is 0 Å². The van der Waals surface area contributed by atoms with Crippen molar-refractivity contribution in [1.29, 1.82) is 0 Å². The van der Waals surface area contributed by atoms with Crippen molar-refractivity contribution in [2.45, 2.75) is 39.5 Å². The number of benzene rings is 1. The quantitative estimate of drug-likeness (QED) is 0.581. The van der Waals surface area contributed by atoms with Crippen LogP contribution in [0.1, 0.15) is 44.2 Å². The second kappa shape index (κ2) is 5.16. The third kappa shape index (κ3) is 2.11. The van der Waals surface area contributed by atoms with Crippen LogP contribution in [0.3, 0.4) is 0 Å². The van der Waals surface area contributed by atoms with Gasteiger partial charge in [0.2, 0.25) is 0 Å². The Bertz CT molecular complexity index is 421. The van der Waals surface area contributed by atoms with E-state index in [1.807, 2.05) is 0 Å². The Hall–Kier alpha value is -1.30. The highest BCUT2D eigenvalue weighted by atomic mass is 14.2. The molecule has 3 rings (SSSR count). The highest BCUT2D eigenvalue weighted by molar-refractivity contribution is 5.86. The van der Waals surface area contributed by atoms with Gasteiger partial charge in [-0.15, -0.1) is 0 Å². The summed E-state index contributed by atoms with van der Waals surface area (Å²) >= 11 is 0. The molecule has 0 aromatic heterocycles. The lowest BCUT2D eigenvalue weighted by molar-refractivity contribution is 1.02. The molecule has 0 saturated carbocycles. The topological polar surface area (TPSA) is 0 Å². The van der Waals surface area contributed by atoms with Crippen molar-refractivity contribution in [2.75, 3.05) is 0 Å². The van der Waals surface area contributed by atoms with Crippen LogP contribution < -0.4 is 0 Å². The van der Waals surface area contributed by atoms with Crippen molar-refractivity contribution < 1.29 is 0 Å². The van der Waals surface area contributed by atoms with Crippen LogP contribution in [-0.2, 0) is 6.42 Å². The number of hydrogen-bond donors (Lipinski definition) is 0. The number of hydrogen-bond acceptors (Lipinski definition) is 0. The van der Waals surface area contributed by atoms with E-state index in [0.29, 0.717) is 0 Å². The molecule has 0 N–H and O–H groups in total. The molecule has 16 heavy (non-hydrogen) atoms. The number of fused-ring (bicyclic) bond motifs is 3. The van der Waals surface area contributed by atoms with Gasteiger partial charge in [-0.2, -0.15) is 0 Å². The SMILES string of the molecule is C1=C2Cc3ccccc3C2=CCC1.CCC. The van der Waals surface area contributed by atoms with E-state index in [9.17, 15) is 0 Å². The van der Waals surface area contributed by atoms with E-state index in [2.05, 4.69) is 50.3 Å². The second-order valence-corrected chi connectivity index (χ2v) is 4.47. The van der Waals surface area contributed by atoms with Crippen molar-refractivity contribution in [3.05, 3.63) is 53.1 Å². The summed E-state index contributed by atoms with van der Waals surface area (Å²) in [7, 11) is 0. The Balaban J connectivity index is 0.000000292. The summed E-state index contributed by atoms with van der Waals surface area (Å²) in [4.78, 5) is 0. The van der Waals surface area contributed by atoms with E-state index in [0.717, 1.165) is 6.42 Å². The van der Waals surface area contributed by atoms with Gasteiger partial charge in [0.05, 0.1) is 0 Å². The normalized spacial score (nSPS) is 16.4. The first-order valence-corrected chi connectivity index (χ1v) is 6.34. The molecule has 0 heteroatoms. The molecular formula is C16H20. The molecule has 0 spiro atoms. The lowest BCUT2D eigenvalue weighted by Gasteiger charge is -2.07. The van der Waals surface area contributed by atoms with Gasteiger partial charge in [-0.05, 0) is 41.5 Å². The highest BCUT2D eigenvalue weighted by Gasteiger charge is 2.21. The predicted molar refractivity (Wildman–Crippen MR) is 71.4 cm³/mol. The standard InChI is InChI=1S/C13H12.C3H8/c1-3-7-12-10(5-1)9-11-6-2-4-8-13(11)12;1-3-2/h1,3,5-8H,2,4,9H2;3H2,1-2H3. The van der Waals surface area contributed by atoms with Gasteiger partial charge in [0, 0.05) is 0 Å². The van der Waals surface area contributed by atoms with Crippen LogP contribution in [0.15, 0.2) is 42.0 Å². The minimum Gasteiger partial charge on any atom is -0.0801 e. The van der Waals surface area contributed by atoms with E-state index in [4.69, 9.17) is 0 Å². The summed E-state index contributed by atoms with van der Waals surface area (Å²) in [5, 5.41) is 0. The van der Waals surface area contributed by atoms with Crippen LogP contribution in [0, 0.1) is 0 Å². The van der Waals surface area contributed by atoms with Gasteiger partial charge >= 0.3 is 0 Å². The Morgan fingerprint density at radius 1 is 1.00 bits per heavy atom. The van der Waals surface area contributed by atoms with Gasteiger partial charge in [-0.3, -0.25) is 0 Å². The van der Waals surface area contributed by atoms with Gasteiger partial charge < -0.3 is 0 Å². The van der Waals surface area contributed by atoms with E-state index < -0.39 is 0 Å². The first-order valence-electron chi connectivity index (χ1n) is 6.34. The van der Waals surface area contributed by atoms with Crippen molar-refractivity contribution in [2.24, 2.45) is 0 Å². The number of allylic oxidation sites excluding steroid dienone is 4. The molecule has 2 aliphatic rings. The third-order valence-electron chi connectivity index (χ3n) is 2.94. The van der Waals surface area contributed by atoms with E-state index in [1.54, 1.807) is 5.57 Å². The molecule has 84 valence electrons. The Morgan fingerprint density at radius 3 is 2.50 bits per heavy atom. The molecule has 0 aliphatic heterocycles. The maximum atomic E-state index is 2.40. The molecule has 1 aromatic carbocycles. The highest BCUT2D eigenvalue weighted by Crippen LogP contribution is 2.38. The minimum absolute atomic E-state index is 1.15. The molecular weight excluding hydrogens is 192 g/mol. The molecule has 1 aromatic rings. The summed E-state index contributed by atoms with van der Waals surface area (Å²) in [5.41, 5.74) is 6.02.